The van der Waals surface area contributed by atoms with Crippen molar-refractivity contribution in [2.45, 2.75) is 0 Å². The molecule has 3 N–H and O–H groups in total. The largest absolute Gasteiger partial charge is 0.368 e. The molecule has 0 bridgehead atoms. The Morgan fingerprint density at radius 2 is 1.74 bits per heavy atom. The summed E-state index contributed by atoms with van der Waals surface area (Å²) in [5, 5.41) is 8.27. The fourth-order valence-corrected chi connectivity index (χ4v) is 2.54. The first kappa shape index (κ1) is 13.4. The van der Waals surface area contributed by atoms with Crippen molar-refractivity contribution < 1.29 is 4.39 Å². The minimum absolute atomic E-state index is 0.230. The van der Waals surface area contributed by atoms with Crippen molar-refractivity contribution >= 4 is 16.9 Å². The van der Waals surface area contributed by atoms with E-state index in [1.165, 1.54) is 12.1 Å². The SMILES string of the molecule is Nc1nccc(-c2ccc3[nH]nc(-c4ccc(F)cc4)c3c2)n1. The summed E-state index contributed by atoms with van der Waals surface area (Å²) >= 11 is 0. The molecular formula is C17H12FN5. The predicted octanol–water partition coefficient (Wildman–Crippen LogP) is 3.41. The van der Waals surface area contributed by atoms with Gasteiger partial charge in [0.15, 0.2) is 0 Å². The van der Waals surface area contributed by atoms with Crippen LogP contribution in [-0.4, -0.2) is 20.2 Å². The second-order valence-electron chi connectivity index (χ2n) is 5.14. The summed E-state index contributed by atoms with van der Waals surface area (Å²) in [5.41, 5.74) is 9.81. The van der Waals surface area contributed by atoms with Gasteiger partial charge in [-0.3, -0.25) is 5.10 Å². The standard InChI is InChI=1S/C17H12FN5/c18-12-4-1-10(2-5-12)16-13-9-11(3-6-15(13)22-23-16)14-7-8-20-17(19)21-14/h1-9H,(H,22,23)(H2,19,20,21). The number of anilines is 1. The molecule has 4 aromatic rings. The lowest BCUT2D eigenvalue weighted by molar-refractivity contribution is 0.628. The van der Waals surface area contributed by atoms with Crippen molar-refractivity contribution in [3.05, 3.63) is 60.5 Å². The van der Waals surface area contributed by atoms with Crippen LogP contribution in [0.3, 0.4) is 0 Å². The van der Waals surface area contributed by atoms with E-state index in [1.807, 2.05) is 18.2 Å². The van der Waals surface area contributed by atoms with Crippen molar-refractivity contribution in [3.8, 4) is 22.5 Å². The number of halogens is 1. The summed E-state index contributed by atoms with van der Waals surface area (Å²) in [4.78, 5) is 8.14. The molecule has 4 rings (SSSR count). The van der Waals surface area contributed by atoms with Crippen molar-refractivity contribution in [1.29, 1.82) is 0 Å². The van der Waals surface area contributed by atoms with Gasteiger partial charge in [-0.1, -0.05) is 6.07 Å². The Hall–Kier alpha value is -3.28. The third kappa shape index (κ3) is 2.40. The molecule has 0 unspecified atom stereocenters. The van der Waals surface area contributed by atoms with E-state index >= 15 is 0 Å². The summed E-state index contributed by atoms with van der Waals surface area (Å²) in [6.07, 6.45) is 1.62. The number of aromatic amines is 1. The molecule has 0 atom stereocenters. The lowest BCUT2D eigenvalue weighted by Gasteiger charge is -2.03. The van der Waals surface area contributed by atoms with Gasteiger partial charge in [0, 0.05) is 22.7 Å². The van der Waals surface area contributed by atoms with Gasteiger partial charge < -0.3 is 5.73 Å². The number of nitrogens with one attached hydrogen (secondary N) is 1. The van der Waals surface area contributed by atoms with Gasteiger partial charge in [0.1, 0.15) is 5.82 Å². The summed E-state index contributed by atoms with van der Waals surface area (Å²) in [7, 11) is 0. The number of nitrogens with two attached hydrogens (primary N) is 1. The highest BCUT2D eigenvalue weighted by Gasteiger charge is 2.10. The van der Waals surface area contributed by atoms with E-state index in [4.69, 9.17) is 5.73 Å². The fraction of sp³-hybridized carbons (Fsp3) is 0. The Balaban J connectivity index is 1.88. The molecule has 0 aliphatic carbocycles. The molecule has 0 aliphatic heterocycles. The van der Waals surface area contributed by atoms with Crippen LogP contribution in [-0.2, 0) is 0 Å². The molecule has 2 heterocycles. The molecule has 0 amide bonds. The number of benzene rings is 2. The molecular weight excluding hydrogens is 293 g/mol. The van der Waals surface area contributed by atoms with Gasteiger partial charge in [-0.25, -0.2) is 14.4 Å². The number of rotatable bonds is 2. The van der Waals surface area contributed by atoms with E-state index in [-0.39, 0.29) is 11.8 Å². The Labute approximate surface area is 131 Å². The predicted molar refractivity (Wildman–Crippen MR) is 86.9 cm³/mol. The molecule has 0 fully saturated rings. The highest BCUT2D eigenvalue weighted by atomic mass is 19.1. The van der Waals surface area contributed by atoms with Crippen LogP contribution in [0.4, 0.5) is 10.3 Å². The average molecular weight is 305 g/mol. The quantitative estimate of drug-likeness (QED) is 0.594. The van der Waals surface area contributed by atoms with Gasteiger partial charge in [-0.15, -0.1) is 0 Å². The number of aromatic nitrogens is 4. The van der Waals surface area contributed by atoms with Crippen molar-refractivity contribution in [2.24, 2.45) is 0 Å². The van der Waals surface area contributed by atoms with Crippen LogP contribution in [0.2, 0.25) is 0 Å². The van der Waals surface area contributed by atoms with Gasteiger partial charge in [0.25, 0.3) is 0 Å². The second-order valence-corrected chi connectivity index (χ2v) is 5.14. The highest BCUT2D eigenvalue weighted by Crippen LogP contribution is 2.30. The van der Waals surface area contributed by atoms with E-state index in [0.717, 1.165) is 33.4 Å². The van der Waals surface area contributed by atoms with Crippen LogP contribution >= 0.6 is 0 Å². The molecule has 112 valence electrons. The molecule has 0 saturated heterocycles. The molecule has 0 aliphatic rings. The monoisotopic (exact) mass is 305 g/mol. The zero-order chi connectivity index (χ0) is 15.8. The Bertz CT molecular complexity index is 991. The molecule has 0 spiro atoms. The number of nitrogen functional groups attached to an aromatic ring is 1. The maximum Gasteiger partial charge on any atom is 0.220 e. The molecule has 23 heavy (non-hydrogen) atoms. The number of hydrogen-bond donors (Lipinski definition) is 2. The number of hydrogen-bond acceptors (Lipinski definition) is 4. The van der Waals surface area contributed by atoms with Crippen LogP contribution in [0.15, 0.2) is 54.7 Å². The third-order valence-corrected chi connectivity index (χ3v) is 3.65. The summed E-state index contributed by atoms with van der Waals surface area (Å²) in [5.74, 6) is -0.0423. The third-order valence-electron chi connectivity index (χ3n) is 3.65. The number of fused-ring (bicyclic) bond motifs is 1. The van der Waals surface area contributed by atoms with E-state index in [9.17, 15) is 4.39 Å². The summed E-state index contributed by atoms with van der Waals surface area (Å²) < 4.78 is 13.1. The minimum atomic E-state index is -0.272. The number of nitrogens with zero attached hydrogens (tertiary/aromatic N) is 3. The first-order valence-electron chi connectivity index (χ1n) is 7.04. The van der Waals surface area contributed by atoms with Gasteiger partial charge in [-0.2, -0.15) is 5.10 Å². The first-order chi connectivity index (χ1) is 11.2. The first-order valence-corrected chi connectivity index (χ1v) is 7.04. The lowest BCUT2D eigenvalue weighted by atomic mass is 10.0. The van der Waals surface area contributed by atoms with Crippen molar-refractivity contribution in [1.82, 2.24) is 20.2 Å². The van der Waals surface area contributed by atoms with Crippen LogP contribution in [0.25, 0.3) is 33.4 Å². The molecule has 0 saturated carbocycles. The smallest absolute Gasteiger partial charge is 0.220 e. The zero-order valence-electron chi connectivity index (χ0n) is 12.0. The summed E-state index contributed by atoms with van der Waals surface area (Å²) in [6, 6.07) is 13.9. The van der Waals surface area contributed by atoms with Crippen molar-refractivity contribution in [3.63, 3.8) is 0 Å². The summed E-state index contributed by atoms with van der Waals surface area (Å²) in [6.45, 7) is 0. The molecule has 2 aromatic heterocycles. The maximum atomic E-state index is 13.1. The van der Waals surface area contributed by atoms with Crippen LogP contribution in [0.5, 0.6) is 0 Å². The van der Waals surface area contributed by atoms with E-state index < -0.39 is 0 Å². The Morgan fingerprint density at radius 3 is 2.52 bits per heavy atom. The Morgan fingerprint density at radius 1 is 0.957 bits per heavy atom. The van der Waals surface area contributed by atoms with Crippen LogP contribution in [0, 0.1) is 5.82 Å². The van der Waals surface area contributed by atoms with E-state index in [1.54, 1.807) is 24.4 Å². The normalized spacial score (nSPS) is 11.0. The van der Waals surface area contributed by atoms with Gasteiger partial charge >= 0.3 is 0 Å². The highest BCUT2D eigenvalue weighted by molar-refractivity contribution is 5.95. The van der Waals surface area contributed by atoms with E-state index in [0.29, 0.717) is 0 Å². The van der Waals surface area contributed by atoms with E-state index in [2.05, 4.69) is 20.2 Å². The molecule has 0 radical (unpaired) electrons. The van der Waals surface area contributed by atoms with Gasteiger partial charge in [-0.05, 0) is 42.5 Å². The minimum Gasteiger partial charge on any atom is -0.368 e. The lowest BCUT2D eigenvalue weighted by Crippen LogP contribution is -1.95. The average Bonchev–Trinajstić information content (AvgIpc) is 2.99. The Kier molecular flexibility index (Phi) is 3.01. The zero-order valence-corrected chi connectivity index (χ0v) is 12.0. The van der Waals surface area contributed by atoms with Gasteiger partial charge in [0.2, 0.25) is 5.95 Å². The van der Waals surface area contributed by atoms with Crippen molar-refractivity contribution in [2.75, 3.05) is 5.73 Å². The second kappa shape index (κ2) is 5.17. The molecule has 2 aromatic carbocycles. The molecule has 6 heteroatoms. The molecule has 5 nitrogen and oxygen atoms in total. The topological polar surface area (TPSA) is 80.5 Å². The van der Waals surface area contributed by atoms with Crippen LogP contribution < -0.4 is 5.73 Å². The number of H-pyrrole nitrogens is 1. The maximum absolute atomic E-state index is 13.1. The van der Waals surface area contributed by atoms with Crippen LogP contribution in [0.1, 0.15) is 0 Å². The fourth-order valence-electron chi connectivity index (χ4n) is 2.54. The van der Waals surface area contributed by atoms with Gasteiger partial charge in [0.05, 0.1) is 16.9 Å².